The molecule has 0 bridgehead atoms. The van der Waals surface area contributed by atoms with Crippen LogP contribution in [0.3, 0.4) is 0 Å². The third kappa shape index (κ3) is 4.32. The fourth-order valence-electron chi connectivity index (χ4n) is 2.76. The predicted octanol–water partition coefficient (Wildman–Crippen LogP) is 4.51. The number of benzene rings is 2. The average molecular weight is 439 g/mol. The van der Waals surface area contributed by atoms with Gasteiger partial charge in [-0.05, 0) is 60.7 Å². The number of hydrogen-bond acceptors (Lipinski definition) is 6. The number of pyridine rings is 1. The number of carbonyl (C=O) groups is 1. The summed E-state index contributed by atoms with van der Waals surface area (Å²) >= 11 is 1.48. The van der Waals surface area contributed by atoms with Crippen molar-refractivity contribution in [1.29, 1.82) is 0 Å². The van der Waals surface area contributed by atoms with Gasteiger partial charge >= 0.3 is 0 Å². The van der Waals surface area contributed by atoms with Crippen molar-refractivity contribution in [3.63, 3.8) is 0 Å². The molecule has 0 aliphatic carbocycles. The monoisotopic (exact) mass is 438 g/mol. The normalized spacial score (nSPS) is 11.4. The molecule has 0 atom stereocenters. The Balaban J connectivity index is 1.50. The molecule has 0 saturated carbocycles. The van der Waals surface area contributed by atoms with Crippen LogP contribution in [-0.4, -0.2) is 24.3 Å². The fourth-order valence-corrected chi connectivity index (χ4v) is 4.73. The molecule has 2 aromatic carbocycles. The van der Waals surface area contributed by atoms with Gasteiger partial charge in [0.25, 0.3) is 10.0 Å². The highest BCUT2D eigenvalue weighted by Crippen LogP contribution is 2.29. The maximum absolute atomic E-state index is 12.6. The molecular weight excluding hydrogens is 420 g/mol. The third-order valence-corrected chi connectivity index (χ3v) is 6.75. The molecule has 2 aromatic heterocycles. The molecule has 152 valence electrons. The van der Waals surface area contributed by atoms with Crippen LogP contribution in [0.15, 0.2) is 71.8 Å². The number of carbonyl (C=O) groups excluding carboxylic acids is 1. The van der Waals surface area contributed by atoms with Crippen molar-refractivity contribution >= 4 is 49.0 Å². The number of thiazole rings is 1. The van der Waals surface area contributed by atoms with E-state index in [9.17, 15) is 13.2 Å². The highest BCUT2D eigenvalue weighted by molar-refractivity contribution is 7.92. The Morgan fingerprint density at radius 2 is 1.70 bits per heavy atom. The minimum atomic E-state index is -3.75. The van der Waals surface area contributed by atoms with Crippen LogP contribution in [0.5, 0.6) is 0 Å². The Kier molecular flexibility index (Phi) is 5.47. The summed E-state index contributed by atoms with van der Waals surface area (Å²) in [7, 11) is -3.75. The molecule has 1 amide bonds. The molecule has 2 heterocycles. The van der Waals surface area contributed by atoms with E-state index in [0.29, 0.717) is 17.8 Å². The topological polar surface area (TPSA) is 101 Å². The van der Waals surface area contributed by atoms with E-state index in [1.54, 1.807) is 37.4 Å². The van der Waals surface area contributed by atoms with E-state index in [0.717, 1.165) is 20.9 Å². The van der Waals surface area contributed by atoms with Crippen LogP contribution in [-0.2, 0) is 14.8 Å². The van der Waals surface area contributed by atoms with Gasteiger partial charge in [0, 0.05) is 29.6 Å². The average Bonchev–Trinajstić information content (AvgIpc) is 3.18. The predicted molar refractivity (Wildman–Crippen MR) is 119 cm³/mol. The zero-order valence-electron chi connectivity index (χ0n) is 16.0. The van der Waals surface area contributed by atoms with Gasteiger partial charge in [-0.15, -0.1) is 0 Å². The van der Waals surface area contributed by atoms with Gasteiger partial charge in [0.05, 0.1) is 4.90 Å². The zero-order valence-corrected chi connectivity index (χ0v) is 17.6. The first-order valence-corrected chi connectivity index (χ1v) is 11.5. The Bertz CT molecular complexity index is 1270. The molecule has 0 spiro atoms. The van der Waals surface area contributed by atoms with Crippen molar-refractivity contribution in [2.45, 2.75) is 18.2 Å². The largest absolute Gasteiger partial charge is 0.326 e. The van der Waals surface area contributed by atoms with E-state index in [2.05, 4.69) is 20.0 Å². The van der Waals surface area contributed by atoms with Crippen molar-refractivity contribution in [3.05, 3.63) is 66.9 Å². The molecule has 4 aromatic rings. The number of fused-ring (bicyclic) bond motifs is 1. The van der Waals surface area contributed by atoms with Crippen molar-refractivity contribution < 1.29 is 13.2 Å². The summed E-state index contributed by atoms with van der Waals surface area (Å²) in [5, 5.41) is 3.51. The Morgan fingerprint density at radius 3 is 2.37 bits per heavy atom. The van der Waals surface area contributed by atoms with Crippen LogP contribution < -0.4 is 10.0 Å². The van der Waals surface area contributed by atoms with Crippen molar-refractivity contribution in [2.24, 2.45) is 0 Å². The highest BCUT2D eigenvalue weighted by atomic mass is 32.2. The Morgan fingerprint density at radius 1 is 1.00 bits per heavy atom. The van der Waals surface area contributed by atoms with Gasteiger partial charge in [0.15, 0.2) is 0 Å². The van der Waals surface area contributed by atoms with Crippen LogP contribution in [0.1, 0.15) is 13.3 Å². The number of amides is 1. The van der Waals surface area contributed by atoms with Crippen molar-refractivity contribution in [3.8, 4) is 10.6 Å². The lowest BCUT2D eigenvalue weighted by molar-refractivity contribution is -0.115. The second-order valence-corrected chi connectivity index (χ2v) is 9.12. The first-order chi connectivity index (χ1) is 14.4. The summed E-state index contributed by atoms with van der Waals surface area (Å²) in [5.74, 6) is -0.132. The SMILES string of the molecule is CCC(=O)Nc1ccc(S(=O)(=O)Nc2ccc(-c3nc4cccnc4s3)cc2)cc1. The number of sulfonamides is 1. The maximum Gasteiger partial charge on any atom is 0.261 e. The lowest BCUT2D eigenvalue weighted by Crippen LogP contribution is -2.13. The van der Waals surface area contributed by atoms with E-state index in [1.807, 2.05) is 24.3 Å². The van der Waals surface area contributed by atoms with Crippen LogP contribution >= 0.6 is 11.3 Å². The first kappa shape index (κ1) is 20.0. The molecule has 2 N–H and O–H groups in total. The van der Waals surface area contributed by atoms with Gasteiger partial charge in [0.2, 0.25) is 5.91 Å². The maximum atomic E-state index is 12.6. The molecule has 9 heteroatoms. The number of nitrogens with zero attached hydrogens (tertiary/aromatic N) is 2. The van der Waals surface area contributed by atoms with Crippen LogP contribution in [0.25, 0.3) is 20.9 Å². The van der Waals surface area contributed by atoms with E-state index in [1.165, 1.54) is 23.5 Å². The molecule has 7 nitrogen and oxygen atoms in total. The number of aromatic nitrogens is 2. The summed E-state index contributed by atoms with van der Waals surface area (Å²) in [6, 6.07) is 16.8. The van der Waals surface area contributed by atoms with Gasteiger partial charge in [-0.2, -0.15) is 0 Å². The lowest BCUT2D eigenvalue weighted by Gasteiger charge is -2.09. The second-order valence-electron chi connectivity index (χ2n) is 6.46. The lowest BCUT2D eigenvalue weighted by atomic mass is 10.2. The van der Waals surface area contributed by atoms with Crippen LogP contribution in [0.4, 0.5) is 11.4 Å². The van der Waals surface area contributed by atoms with Crippen LogP contribution in [0, 0.1) is 0 Å². The standard InChI is InChI=1S/C21H18N4O3S2/c1-2-19(26)23-15-9-11-17(12-10-15)30(27,28)25-16-7-5-14(6-8-16)20-24-18-4-3-13-22-21(18)29-20/h3-13,25H,2H2,1H3,(H,23,26). The van der Waals surface area contributed by atoms with Gasteiger partial charge in [-0.3, -0.25) is 9.52 Å². The van der Waals surface area contributed by atoms with Gasteiger partial charge in [-0.25, -0.2) is 18.4 Å². The molecule has 0 saturated heterocycles. The van der Waals surface area contributed by atoms with Gasteiger partial charge < -0.3 is 5.32 Å². The number of hydrogen-bond donors (Lipinski definition) is 2. The molecule has 0 fully saturated rings. The number of rotatable bonds is 6. The molecule has 0 radical (unpaired) electrons. The molecule has 4 rings (SSSR count). The Labute approximate surface area is 177 Å². The molecule has 0 aliphatic rings. The minimum absolute atomic E-state index is 0.110. The summed E-state index contributed by atoms with van der Waals surface area (Å²) < 4.78 is 27.9. The van der Waals surface area contributed by atoms with Gasteiger partial charge in [0.1, 0.15) is 15.4 Å². The molecule has 30 heavy (non-hydrogen) atoms. The smallest absolute Gasteiger partial charge is 0.261 e. The number of nitrogens with one attached hydrogen (secondary N) is 2. The van der Waals surface area contributed by atoms with Crippen molar-refractivity contribution in [1.82, 2.24) is 9.97 Å². The molecule has 0 unspecified atom stereocenters. The van der Waals surface area contributed by atoms with E-state index in [4.69, 9.17) is 0 Å². The van der Waals surface area contributed by atoms with E-state index >= 15 is 0 Å². The van der Waals surface area contributed by atoms with Crippen LogP contribution in [0.2, 0.25) is 0 Å². The molecule has 0 aliphatic heterocycles. The summed E-state index contributed by atoms with van der Waals surface area (Å²) in [6.45, 7) is 1.75. The fraction of sp³-hybridized carbons (Fsp3) is 0.0952. The van der Waals surface area contributed by atoms with E-state index in [-0.39, 0.29) is 10.8 Å². The highest BCUT2D eigenvalue weighted by Gasteiger charge is 2.15. The van der Waals surface area contributed by atoms with E-state index < -0.39 is 10.0 Å². The zero-order chi connectivity index (χ0) is 21.1. The third-order valence-electron chi connectivity index (χ3n) is 4.32. The van der Waals surface area contributed by atoms with Crippen molar-refractivity contribution in [2.75, 3.05) is 10.0 Å². The molecular formula is C21H18N4O3S2. The second kappa shape index (κ2) is 8.21. The van der Waals surface area contributed by atoms with Gasteiger partial charge in [-0.1, -0.05) is 18.3 Å². The summed E-state index contributed by atoms with van der Waals surface area (Å²) in [6.07, 6.45) is 2.08. The number of anilines is 2. The minimum Gasteiger partial charge on any atom is -0.326 e. The Hall–Kier alpha value is -3.30. The quantitative estimate of drug-likeness (QED) is 0.461. The summed E-state index contributed by atoms with van der Waals surface area (Å²) in [4.78, 5) is 21.3. The summed E-state index contributed by atoms with van der Waals surface area (Å²) in [5.41, 5.74) is 2.72. The first-order valence-electron chi connectivity index (χ1n) is 9.19.